The Bertz CT molecular complexity index is 963. The molecule has 204 valence electrons. The summed E-state index contributed by atoms with van der Waals surface area (Å²) in [5.41, 5.74) is 0. The fourth-order valence-corrected chi connectivity index (χ4v) is 10.2. The van der Waals surface area contributed by atoms with E-state index in [9.17, 15) is 0 Å². The van der Waals surface area contributed by atoms with Gasteiger partial charge in [0.2, 0.25) is 0 Å². The van der Waals surface area contributed by atoms with Crippen molar-refractivity contribution in [3.05, 3.63) is 148 Å². The topological polar surface area (TPSA) is 0 Å². The van der Waals surface area contributed by atoms with E-state index in [0.717, 1.165) is 0 Å². The maximum atomic E-state index is 4.38. The van der Waals surface area contributed by atoms with E-state index >= 15 is 0 Å². The molecule has 4 rings (SSSR count). The average molecular weight is 1140 g/mol. The molecule has 0 N–H and O–H groups in total. The van der Waals surface area contributed by atoms with Crippen LogP contribution in [-0.2, 0) is 37.9 Å². The van der Waals surface area contributed by atoms with Gasteiger partial charge in [-0.3, -0.25) is 0 Å². The maximum absolute atomic E-state index is 4.38. The first-order chi connectivity index (χ1) is 17.0. The first kappa shape index (κ1) is 35.2. The molecule has 0 heterocycles. The molecule has 0 aliphatic carbocycles. The number of benzene rings is 4. The molecule has 0 atom stereocenters. The Morgan fingerprint density at radius 3 is 0.639 bits per heavy atom. The van der Waals surface area contributed by atoms with E-state index in [-0.39, 0.29) is 0 Å². The molecule has 0 unspecified atom stereocenters. The molecule has 0 aliphatic rings. The van der Waals surface area contributed by atoms with Gasteiger partial charge in [0.05, 0.1) is 0 Å². The Balaban J connectivity index is 0.000000317. The van der Waals surface area contributed by atoms with Gasteiger partial charge < -0.3 is 0 Å². The van der Waals surface area contributed by atoms with Gasteiger partial charge in [0.1, 0.15) is 0 Å². The van der Waals surface area contributed by atoms with Gasteiger partial charge >= 0.3 is 275 Å². The zero-order valence-corrected chi connectivity index (χ0v) is 31.9. The van der Waals surface area contributed by atoms with Crippen molar-refractivity contribution in [2.24, 2.45) is 0 Å². The molecule has 0 saturated heterocycles. The summed E-state index contributed by atoms with van der Waals surface area (Å²) in [5.74, 6) is 0. The second-order valence-electron chi connectivity index (χ2n) is 8.09. The van der Waals surface area contributed by atoms with E-state index in [1.54, 1.807) is 0 Å². The van der Waals surface area contributed by atoms with Crippen LogP contribution in [0.25, 0.3) is 0 Å². The van der Waals surface area contributed by atoms with E-state index in [1.165, 1.54) is 21.2 Å². The molecule has 0 bridgehead atoms. The summed E-state index contributed by atoms with van der Waals surface area (Å²) in [7, 11) is 0. The summed E-state index contributed by atoms with van der Waals surface area (Å²) in [4.78, 5) is 0. The van der Waals surface area contributed by atoms with Gasteiger partial charge in [0, 0.05) is 0 Å². The van der Waals surface area contributed by atoms with Crippen molar-refractivity contribution in [2.45, 2.75) is 0 Å². The molecule has 4 aromatic carbocycles. The SMILES string of the molecule is [Br][Au].[Br][Au].[CH2-]P([CH2-])(Br)(c1ccccc1)c1ccccc1.[CH2-]P([CH2-])(Br)(c1ccccc1)c1ccccc1. The number of halogens is 4. The molecule has 8 heteroatoms. The first-order valence-corrected chi connectivity index (χ1v) is 29.1. The third-order valence-electron chi connectivity index (χ3n) is 5.39. The standard InChI is InChI=1S/2C14H14BrP.2Au.2BrH/c2*1-16(2,15,13-9-5-3-6-10-13)14-11-7-4-8-12-14;;;;/h2*3-12H,1-2H2;;;2*1H/q2*-2;2*+1;;/p-2. The van der Waals surface area contributed by atoms with E-state index in [2.05, 4.69) is 170 Å². The molecular formula is C28H28Au2Br4P2-4. The van der Waals surface area contributed by atoms with Crippen molar-refractivity contribution in [3.63, 3.8) is 0 Å². The molecular weight excluding hydrogens is 1110 g/mol. The summed E-state index contributed by atoms with van der Waals surface area (Å²) >= 11 is 17.6. The minimum absolute atomic E-state index is 1.17. The number of hydrogen-bond acceptors (Lipinski definition) is 0. The van der Waals surface area contributed by atoms with E-state index in [0.29, 0.717) is 0 Å². The molecule has 0 nitrogen and oxygen atoms in total. The van der Waals surface area contributed by atoms with E-state index in [4.69, 9.17) is 0 Å². The Morgan fingerprint density at radius 2 is 0.500 bits per heavy atom. The van der Waals surface area contributed by atoms with Crippen LogP contribution in [0.5, 0.6) is 0 Å². The van der Waals surface area contributed by atoms with Crippen molar-refractivity contribution >= 4 is 88.9 Å². The molecule has 0 spiro atoms. The summed E-state index contributed by atoms with van der Waals surface area (Å²) in [6.07, 6.45) is 0. The molecule has 0 amide bonds. The first-order valence-electron chi connectivity index (χ1n) is 10.4. The number of hydrogen-bond donors (Lipinski definition) is 0. The van der Waals surface area contributed by atoms with Gasteiger partial charge in [-0.1, -0.05) is 0 Å². The zero-order chi connectivity index (χ0) is 27.3. The third kappa shape index (κ3) is 9.65. The van der Waals surface area contributed by atoms with Gasteiger partial charge in [-0.05, 0) is 0 Å². The monoisotopic (exact) mass is 1140 g/mol. The Hall–Kier alpha value is 1.14. The summed E-state index contributed by atoms with van der Waals surface area (Å²) in [6.45, 7) is 17.5. The number of rotatable bonds is 4. The minimum atomic E-state index is -2.62. The zero-order valence-electron chi connectivity index (χ0n) is 19.4. The molecule has 0 radical (unpaired) electrons. The second-order valence-corrected chi connectivity index (χ2v) is 25.9. The van der Waals surface area contributed by atoms with Gasteiger partial charge in [-0.15, -0.1) is 0 Å². The van der Waals surface area contributed by atoms with Gasteiger partial charge in [0.25, 0.3) is 0 Å². The van der Waals surface area contributed by atoms with Crippen molar-refractivity contribution in [2.75, 3.05) is 0 Å². The molecule has 4 aromatic rings. The average Bonchev–Trinajstić information content (AvgIpc) is 2.93. The molecule has 36 heavy (non-hydrogen) atoms. The fourth-order valence-electron chi connectivity index (χ4n) is 3.38. The predicted molar refractivity (Wildman–Crippen MR) is 175 cm³/mol. The van der Waals surface area contributed by atoms with Crippen LogP contribution in [-0.4, -0.2) is 0 Å². The van der Waals surface area contributed by atoms with Crippen LogP contribution in [0, 0.1) is 26.7 Å². The van der Waals surface area contributed by atoms with Crippen molar-refractivity contribution in [1.29, 1.82) is 0 Å². The van der Waals surface area contributed by atoms with Gasteiger partial charge in [-0.25, -0.2) is 0 Å². The van der Waals surface area contributed by atoms with E-state index in [1.807, 2.05) is 72.8 Å². The second kappa shape index (κ2) is 15.8. The Kier molecular flexibility index (Phi) is 15.4. The van der Waals surface area contributed by atoms with Crippen LogP contribution < -0.4 is 21.2 Å². The van der Waals surface area contributed by atoms with Gasteiger partial charge in [-0.2, -0.15) is 0 Å². The quantitative estimate of drug-likeness (QED) is 0.109. The van der Waals surface area contributed by atoms with Crippen LogP contribution in [0.15, 0.2) is 121 Å². The summed E-state index contributed by atoms with van der Waals surface area (Å²) < 4.78 is 0. The van der Waals surface area contributed by atoms with Crippen molar-refractivity contribution in [1.82, 2.24) is 0 Å². The van der Waals surface area contributed by atoms with Crippen molar-refractivity contribution in [3.8, 4) is 0 Å². The fraction of sp³-hybridized carbons (Fsp3) is 0. The van der Waals surface area contributed by atoms with E-state index < -0.39 is 10.6 Å². The molecule has 0 aliphatic heterocycles. The van der Waals surface area contributed by atoms with Crippen molar-refractivity contribution < 1.29 is 37.9 Å². The van der Waals surface area contributed by atoms with Gasteiger partial charge in [0.15, 0.2) is 0 Å². The van der Waals surface area contributed by atoms with Crippen LogP contribution in [0.2, 0.25) is 0 Å². The van der Waals surface area contributed by atoms with Crippen LogP contribution in [0.4, 0.5) is 0 Å². The normalized spacial score (nSPS) is 12.9. The summed E-state index contributed by atoms with van der Waals surface area (Å²) in [6, 6.07) is 40.9. The Labute approximate surface area is 271 Å². The molecule has 0 fully saturated rings. The molecule has 0 aromatic heterocycles. The summed E-state index contributed by atoms with van der Waals surface area (Å²) in [5, 5.41) is -0.576. The third-order valence-corrected chi connectivity index (χ3v) is 16.2. The van der Waals surface area contributed by atoms with Crippen LogP contribution >= 0.6 is 67.6 Å². The van der Waals surface area contributed by atoms with Crippen LogP contribution in [0.3, 0.4) is 0 Å². The Morgan fingerprint density at radius 1 is 0.361 bits per heavy atom. The predicted octanol–water partition coefficient (Wildman–Crippen LogP) is 9.85. The van der Waals surface area contributed by atoms with Crippen LogP contribution in [0.1, 0.15) is 0 Å². The molecule has 0 saturated carbocycles.